The summed E-state index contributed by atoms with van der Waals surface area (Å²) < 4.78 is 25.0. The zero-order valence-electron chi connectivity index (χ0n) is 6.22. The number of hydrogen-bond donors (Lipinski definition) is 1. The molecule has 0 bridgehead atoms. The van der Waals surface area contributed by atoms with Crippen molar-refractivity contribution < 1.29 is 8.78 Å². The molecule has 0 aromatic heterocycles. The van der Waals surface area contributed by atoms with Gasteiger partial charge in [0.15, 0.2) is 0 Å². The van der Waals surface area contributed by atoms with Gasteiger partial charge in [-0.15, -0.1) is 12.6 Å². The molecule has 0 unspecified atom stereocenters. The minimum atomic E-state index is -2.56. The number of halogens is 2. The smallest absolute Gasteiger partial charge is 0.268 e. The molecule has 0 N–H and O–H groups in total. The van der Waals surface area contributed by atoms with Crippen molar-refractivity contribution >= 4 is 17.7 Å². The Morgan fingerprint density at radius 2 is 2.27 bits per heavy atom. The highest BCUT2D eigenvalue weighted by molar-refractivity contribution is 7.96. The van der Waals surface area contributed by atoms with Crippen LogP contribution in [0.1, 0.15) is 13.3 Å². The van der Waals surface area contributed by atoms with Crippen molar-refractivity contribution in [2.45, 2.75) is 19.3 Å². The van der Waals surface area contributed by atoms with Crippen molar-refractivity contribution in [3.8, 4) is 0 Å². The van der Waals surface area contributed by atoms with Crippen molar-refractivity contribution in [2.24, 2.45) is 5.10 Å². The molecule has 0 saturated carbocycles. The van der Waals surface area contributed by atoms with Gasteiger partial charge in [-0.05, 0) is 6.92 Å². The summed E-state index contributed by atoms with van der Waals surface area (Å²) in [4.78, 5) is 0. The van der Waals surface area contributed by atoms with Crippen molar-refractivity contribution in [1.82, 2.24) is 5.01 Å². The lowest BCUT2D eigenvalue weighted by atomic mass is 10.3. The van der Waals surface area contributed by atoms with E-state index in [2.05, 4.69) is 17.7 Å². The summed E-state index contributed by atoms with van der Waals surface area (Å²) in [6.45, 7) is 1.72. The van der Waals surface area contributed by atoms with Crippen LogP contribution in [0.25, 0.3) is 0 Å². The van der Waals surface area contributed by atoms with Gasteiger partial charge in [0.1, 0.15) is 0 Å². The lowest BCUT2D eigenvalue weighted by Crippen LogP contribution is -2.21. The van der Waals surface area contributed by atoms with Gasteiger partial charge >= 0.3 is 0 Å². The maximum absolute atomic E-state index is 12.5. The Labute approximate surface area is 69.7 Å². The standard InChI is InChI=1S/C6H10F2N2S/c1-5(11)9-10-3-2-6(7,8)4-10/h2-4H2,1H3,(H,9,11). The van der Waals surface area contributed by atoms with Gasteiger partial charge in [-0.25, -0.2) is 8.78 Å². The van der Waals surface area contributed by atoms with E-state index in [1.165, 1.54) is 5.01 Å². The van der Waals surface area contributed by atoms with Crippen LogP contribution in [0.2, 0.25) is 0 Å². The molecule has 0 aromatic carbocycles. The van der Waals surface area contributed by atoms with Crippen LogP contribution in [0.3, 0.4) is 0 Å². The number of hydrazone groups is 1. The summed E-state index contributed by atoms with van der Waals surface area (Å²) in [5.41, 5.74) is 0. The molecule has 11 heavy (non-hydrogen) atoms. The molecular formula is C6H10F2N2S. The third-order valence-electron chi connectivity index (χ3n) is 1.44. The molecule has 0 radical (unpaired) electrons. The molecule has 1 rings (SSSR count). The summed E-state index contributed by atoms with van der Waals surface area (Å²) in [6.07, 6.45) is -0.0996. The first-order valence-electron chi connectivity index (χ1n) is 3.36. The van der Waals surface area contributed by atoms with E-state index in [1.54, 1.807) is 6.92 Å². The Bertz CT molecular complexity index is 177. The number of rotatable bonds is 1. The molecule has 0 aliphatic carbocycles. The predicted octanol–water partition coefficient (Wildman–Crippen LogP) is 1.59. The van der Waals surface area contributed by atoms with Crippen LogP contribution in [0.5, 0.6) is 0 Å². The molecule has 0 amide bonds. The maximum atomic E-state index is 12.5. The molecule has 0 aromatic rings. The highest BCUT2D eigenvalue weighted by Gasteiger charge is 2.37. The van der Waals surface area contributed by atoms with Gasteiger partial charge in [-0.1, -0.05) is 0 Å². The fraction of sp³-hybridized carbons (Fsp3) is 0.833. The van der Waals surface area contributed by atoms with Crippen LogP contribution in [0.15, 0.2) is 5.10 Å². The van der Waals surface area contributed by atoms with E-state index in [1.807, 2.05) is 0 Å². The van der Waals surface area contributed by atoms with Gasteiger partial charge in [0.25, 0.3) is 5.92 Å². The quantitative estimate of drug-likeness (QED) is 0.368. The fourth-order valence-corrected chi connectivity index (χ4v) is 1.13. The Balaban J connectivity index is 2.49. The molecule has 5 heteroatoms. The van der Waals surface area contributed by atoms with Gasteiger partial charge in [0, 0.05) is 13.0 Å². The van der Waals surface area contributed by atoms with E-state index in [9.17, 15) is 8.78 Å². The van der Waals surface area contributed by atoms with Gasteiger partial charge in [-0.2, -0.15) is 5.10 Å². The third-order valence-corrected chi connectivity index (χ3v) is 1.53. The van der Waals surface area contributed by atoms with E-state index >= 15 is 0 Å². The number of nitrogens with zero attached hydrogens (tertiary/aromatic N) is 2. The Morgan fingerprint density at radius 1 is 1.64 bits per heavy atom. The second kappa shape index (κ2) is 2.97. The van der Waals surface area contributed by atoms with E-state index in [0.717, 1.165) is 0 Å². The van der Waals surface area contributed by atoms with Gasteiger partial charge in [0.2, 0.25) is 0 Å². The molecule has 1 heterocycles. The molecule has 1 aliphatic heterocycles. The van der Waals surface area contributed by atoms with E-state index < -0.39 is 5.92 Å². The molecule has 1 saturated heterocycles. The Hall–Kier alpha value is -0.320. The number of hydrogen-bond acceptors (Lipinski definition) is 2. The molecule has 1 fully saturated rings. The molecule has 1 aliphatic rings. The molecule has 0 spiro atoms. The van der Waals surface area contributed by atoms with Crippen LogP contribution in [-0.2, 0) is 0 Å². The monoisotopic (exact) mass is 180 g/mol. The first-order valence-corrected chi connectivity index (χ1v) is 3.81. The van der Waals surface area contributed by atoms with E-state index in [-0.39, 0.29) is 13.0 Å². The predicted molar refractivity (Wildman–Crippen MR) is 43.2 cm³/mol. The van der Waals surface area contributed by atoms with Crippen LogP contribution in [0, 0.1) is 0 Å². The van der Waals surface area contributed by atoms with Crippen molar-refractivity contribution in [3.05, 3.63) is 0 Å². The van der Waals surface area contributed by atoms with Gasteiger partial charge in [-0.3, -0.25) is 5.01 Å². The second-order valence-electron chi connectivity index (χ2n) is 2.64. The molecule has 0 atom stereocenters. The zero-order valence-corrected chi connectivity index (χ0v) is 7.11. The normalized spacial score (nSPS) is 24.4. The topological polar surface area (TPSA) is 15.6 Å². The fourth-order valence-electron chi connectivity index (χ4n) is 1.01. The molecular weight excluding hydrogens is 170 g/mol. The van der Waals surface area contributed by atoms with E-state index in [0.29, 0.717) is 11.6 Å². The summed E-state index contributed by atoms with van der Waals surface area (Å²) in [6, 6.07) is 0. The first-order chi connectivity index (χ1) is 4.99. The van der Waals surface area contributed by atoms with Crippen molar-refractivity contribution in [2.75, 3.05) is 13.1 Å². The van der Waals surface area contributed by atoms with E-state index in [4.69, 9.17) is 0 Å². The Morgan fingerprint density at radius 3 is 2.64 bits per heavy atom. The minimum Gasteiger partial charge on any atom is -0.290 e. The average Bonchev–Trinajstić information content (AvgIpc) is 2.08. The SMILES string of the molecule is C/C(S)=N/N1CCC(F)(F)C1. The summed E-state index contributed by atoms with van der Waals surface area (Å²) in [5, 5.41) is 5.67. The highest BCUT2D eigenvalue weighted by Crippen LogP contribution is 2.26. The Kier molecular flexibility index (Phi) is 2.37. The summed E-state index contributed by atoms with van der Waals surface area (Å²) >= 11 is 3.89. The summed E-state index contributed by atoms with van der Waals surface area (Å²) in [5.74, 6) is -2.56. The third kappa shape index (κ3) is 2.65. The second-order valence-corrected chi connectivity index (χ2v) is 3.29. The largest absolute Gasteiger partial charge is 0.290 e. The first kappa shape index (κ1) is 8.77. The highest BCUT2D eigenvalue weighted by atomic mass is 32.1. The van der Waals surface area contributed by atoms with Crippen LogP contribution in [-0.4, -0.2) is 29.1 Å². The zero-order chi connectivity index (χ0) is 8.48. The summed E-state index contributed by atoms with van der Waals surface area (Å²) in [7, 11) is 0. The lowest BCUT2D eigenvalue weighted by Gasteiger charge is -2.11. The van der Waals surface area contributed by atoms with Crippen molar-refractivity contribution in [3.63, 3.8) is 0 Å². The molecule has 64 valence electrons. The number of thiol groups is 1. The van der Waals surface area contributed by atoms with Gasteiger partial charge < -0.3 is 0 Å². The lowest BCUT2D eigenvalue weighted by molar-refractivity contribution is 0.0125. The molecule has 2 nitrogen and oxygen atoms in total. The van der Waals surface area contributed by atoms with Crippen LogP contribution >= 0.6 is 12.6 Å². The average molecular weight is 180 g/mol. The number of alkyl halides is 2. The van der Waals surface area contributed by atoms with Gasteiger partial charge in [0.05, 0.1) is 11.6 Å². The van der Waals surface area contributed by atoms with Crippen LogP contribution < -0.4 is 0 Å². The maximum Gasteiger partial charge on any atom is 0.268 e. The minimum absolute atomic E-state index is 0.0996. The van der Waals surface area contributed by atoms with Crippen LogP contribution in [0.4, 0.5) is 8.78 Å². The van der Waals surface area contributed by atoms with Crippen molar-refractivity contribution in [1.29, 1.82) is 0 Å².